The molecule has 0 aliphatic heterocycles. The summed E-state index contributed by atoms with van der Waals surface area (Å²) < 4.78 is 4.96. The van der Waals surface area contributed by atoms with E-state index in [1.807, 2.05) is 0 Å². The minimum absolute atomic E-state index is 0.0862. The van der Waals surface area contributed by atoms with E-state index >= 15 is 0 Å². The first-order valence-corrected chi connectivity index (χ1v) is 6.23. The zero-order valence-electron chi connectivity index (χ0n) is 10.8. The Morgan fingerprint density at radius 3 is 2.67 bits per heavy atom. The Hall–Kier alpha value is -1.36. The molecule has 1 saturated carbocycles. The summed E-state index contributed by atoms with van der Waals surface area (Å²) in [5, 5.41) is 9.10. The normalized spacial score (nSPS) is 22.7. The molecule has 1 N–H and O–H groups in total. The molecule has 2 atom stereocenters. The van der Waals surface area contributed by atoms with Crippen molar-refractivity contribution >= 4 is 11.9 Å². The zero-order chi connectivity index (χ0) is 13.5. The highest BCUT2D eigenvalue weighted by Gasteiger charge is 2.39. The van der Waals surface area contributed by atoms with Gasteiger partial charge in [-0.2, -0.15) is 0 Å². The van der Waals surface area contributed by atoms with Crippen LogP contribution in [0.5, 0.6) is 0 Å². The molecule has 0 aromatic heterocycles. The Morgan fingerprint density at radius 2 is 2.11 bits per heavy atom. The van der Waals surface area contributed by atoms with Crippen molar-refractivity contribution in [2.24, 2.45) is 11.8 Å². The first-order valence-electron chi connectivity index (χ1n) is 6.23. The molecule has 5 heteroatoms. The van der Waals surface area contributed by atoms with Gasteiger partial charge >= 0.3 is 5.97 Å². The van der Waals surface area contributed by atoms with Gasteiger partial charge in [-0.3, -0.25) is 9.59 Å². The number of hydrogen-bond acceptors (Lipinski definition) is 3. The van der Waals surface area contributed by atoms with Crippen LogP contribution in [-0.4, -0.2) is 48.7 Å². The molecule has 1 rings (SSSR count). The van der Waals surface area contributed by atoms with Crippen molar-refractivity contribution in [2.45, 2.75) is 19.3 Å². The summed E-state index contributed by atoms with van der Waals surface area (Å²) in [7, 11) is 1.58. The molecule has 0 saturated heterocycles. The van der Waals surface area contributed by atoms with Gasteiger partial charge in [0.25, 0.3) is 0 Å². The van der Waals surface area contributed by atoms with E-state index in [4.69, 9.17) is 9.84 Å². The second-order valence-electron chi connectivity index (χ2n) is 4.55. The van der Waals surface area contributed by atoms with Crippen LogP contribution in [0.4, 0.5) is 0 Å². The Kier molecular flexibility index (Phi) is 5.85. The van der Waals surface area contributed by atoms with Gasteiger partial charge in [-0.1, -0.05) is 12.5 Å². The number of carbonyl (C=O) groups excluding carboxylic acids is 1. The van der Waals surface area contributed by atoms with Crippen molar-refractivity contribution in [3.05, 3.63) is 12.7 Å². The number of carboxylic acids is 1. The van der Waals surface area contributed by atoms with Crippen LogP contribution in [-0.2, 0) is 14.3 Å². The molecule has 0 radical (unpaired) electrons. The molecule has 1 amide bonds. The fourth-order valence-corrected chi connectivity index (χ4v) is 2.43. The van der Waals surface area contributed by atoms with Gasteiger partial charge < -0.3 is 14.7 Å². The summed E-state index contributed by atoms with van der Waals surface area (Å²) in [5.74, 6) is -1.88. The van der Waals surface area contributed by atoms with Crippen LogP contribution < -0.4 is 0 Å². The lowest BCUT2D eigenvalue weighted by atomic mass is 9.94. The van der Waals surface area contributed by atoms with Gasteiger partial charge in [0.2, 0.25) is 5.91 Å². The largest absolute Gasteiger partial charge is 0.481 e. The van der Waals surface area contributed by atoms with E-state index < -0.39 is 11.9 Å². The molecule has 1 fully saturated rings. The lowest BCUT2D eigenvalue weighted by Crippen LogP contribution is -2.41. The molecule has 0 aromatic carbocycles. The predicted octanol–water partition coefficient (Wildman–Crippen LogP) is 1.15. The van der Waals surface area contributed by atoms with E-state index in [0.29, 0.717) is 32.5 Å². The third-order valence-corrected chi connectivity index (χ3v) is 3.38. The SMILES string of the molecule is C=CCN(CCOC)C(=O)[C@@H]1CCC[C@@H]1C(=O)O. The molecular weight excluding hydrogens is 234 g/mol. The van der Waals surface area contributed by atoms with Crippen LogP contribution in [0, 0.1) is 11.8 Å². The third-order valence-electron chi connectivity index (χ3n) is 3.38. The minimum Gasteiger partial charge on any atom is -0.481 e. The van der Waals surface area contributed by atoms with E-state index in [9.17, 15) is 9.59 Å². The van der Waals surface area contributed by atoms with Gasteiger partial charge in [0.1, 0.15) is 0 Å². The van der Waals surface area contributed by atoms with Crippen LogP contribution >= 0.6 is 0 Å². The molecule has 5 nitrogen and oxygen atoms in total. The number of amides is 1. The second-order valence-corrected chi connectivity index (χ2v) is 4.55. The lowest BCUT2D eigenvalue weighted by Gasteiger charge is -2.26. The first kappa shape index (κ1) is 14.7. The quantitative estimate of drug-likeness (QED) is 0.693. The van der Waals surface area contributed by atoms with Crippen molar-refractivity contribution in [1.29, 1.82) is 0 Å². The van der Waals surface area contributed by atoms with Crippen molar-refractivity contribution in [1.82, 2.24) is 4.90 Å². The molecule has 102 valence electrons. The summed E-state index contributed by atoms with van der Waals surface area (Å²) in [5.41, 5.74) is 0. The maximum absolute atomic E-state index is 12.3. The monoisotopic (exact) mass is 255 g/mol. The Balaban J connectivity index is 2.68. The number of carboxylic acid groups (broad SMARTS) is 1. The van der Waals surface area contributed by atoms with Crippen molar-refractivity contribution < 1.29 is 19.4 Å². The van der Waals surface area contributed by atoms with E-state index in [-0.39, 0.29) is 11.8 Å². The van der Waals surface area contributed by atoms with Gasteiger partial charge in [-0.25, -0.2) is 0 Å². The third kappa shape index (κ3) is 3.57. The number of ether oxygens (including phenoxy) is 1. The topological polar surface area (TPSA) is 66.8 Å². The fraction of sp³-hybridized carbons (Fsp3) is 0.692. The zero-order valence-corrected chi connectivity index (χ0v) is 10.8. The van der Waals surface area contributed by atoms with Crippen molar-refractivity contribution in [2.75, 3.05) is 26.8 Å². The number of carbonyl (C=O) groups is 2. The molecule has 1 aliphatic rings. The van der Waals surface area contributed by atoms with Crippen molar-refractivity contribution in [3.63, 3.8) is 0 Å². The van der Waals surface area contributed by atoms with E-state index in [1.165, 1.54) is 0 Å². The number of aliphatic carboxylic acids is 1. The maximum atomic E-state index is 12.3. The van der Waals surface area contributed by atoms with Gasteiger partial charge in [0.05, 0.1) is 18.4 Å². The Morgan fingerprint density at radius 1 is 1.44 bits per heavy atom. The van der Waals surface area contributed by atoms with Crippen LogP contribution in [0.25, 0.3) is 0 Å². The number of rotatable bonds is 7. The molecule has 0 spiro atoms. The molecule has 1 aliphatic carbocycles. The maximum Gasteiger partial charge on any atom is 0.307 e. The van der Waals surface area contributed by atoms with E-state index in [0.717, 1.165) is 6.42 Å². The van der Waals surface area contributed by atoms with Gasteiger partial charge in [-0.15, -0.1) is 6.58 Å². The lowest BCUT2D eigenvalue weighted by molar-refractivity contribution is -0.149. The average Bonchev–Trinajstić information content (AvgIpc) is 2.82. The van der Waals surface area contributed by atoms with Gasteiger partial charge in [-0.05, 0) is 12.8 Å². The summed E-state index contributed by atoms with van der Waals surface area (Å²) >= 11 is 0. The first-order chi connectivity index (χ1) is 8.61. The predicted molar refractivity (Wildman–Crippen MR) is 67.1 cm³/mol. The van der Waals surface area contributed by atoms with Crippen LogP contribution in [0.3, 0.4) is 0 Å². The molecular formula is C13H21NO4. The molecule has 0 unspecified atom stereocenters. The highest BCUT2D eigenvalue weighted by Crippen LogP contribution is 2.33. The smallest absolute Gasteiger partial charge is 0.307 e. The number of hydrogen-bond donors (Lipinski definition) is 1. The Bertz CT molecular complexity index is 316. The fourth-order valence-electron chi connectivity index (χ4n) is 2.43. The number of nitrogens with zero attached hydrogens (tertiary/aromatic N) is 1. The Labute approximate surface area is 107 Å². The average molecular weight is 255 g/mol. The summed E-state index contributed by atoms with van der Waals surface area (Å²) in [6.07, 6.45) is 3.71. The molecule has 0 aromatic rings. The number of methoxy groups -OCH3 is 1. The highest BCUT2D eigenvalue weighted by atomic mass is 16.5. The van der Waals surface area contributed by atoms with Gasteiger partial charge in [0.15, 0.2) is 0 Å². The van der Waals surface area contributed by atoms with E-state index in [1.54, 1.807) is 18.1 Å². The summed E-state index contributed by atoms with van der Waals surface area (Å²) in [6.45, 7) is 4.98. The second kappa shape index (κ2) is 7.16. The highest BCUT2D eigenvalue weighted by molar-refractivity contribution is 5.85. The molecule has 0 heterocycles. The van der Waals surface area contributed by atoms with E-state index in [2.05, 4.69) is 6.58 Å². The van der Waals surface area contributed by atoms with Gasteiger partial charge in [0, 0.05) is 20.2 Å². The summed E-state index contributed by atoms with van der Waals surface area (Å²) in [4.78, 5) is 25.0. The minimum atomic E-state index is -0.865. The van der Waals surface area contributed by atoms with Crippen LogP contribution in [0.1, 0.15) is 19.3 Å². The molecule has 18 heavy (non-hydrogen) atoms. The molecule has 0 bridgehead atoms. The van der Waals surface area contributed by atoms with Crippen LogP contribution in [0.15, 0.2) is 12.7 Å². The summed E-state index contributed by atoms with van der Waals surface area (Å²) in [6, 6.07) is 0. The standard InChI is InChI=1S/C13H21NO4/c1-3-7-14(8-9-18-2)12(15)10-5-4-6-11(10)13(16)17/h3,10-11H,1,4-9H2,2H3,(H,16,17)/t10-,11+/m1/s1. The van der Waals surface area contributed by atoms with Crippen LogP contribution in [0.2, 0.25) is 0 Å². The van der Waals surface area contributed by atoms with Crippen molar-refractivity contribution in [3.8, 4) is 0 Å².